The van der Waals surface area contributed by atoms with Crippen molar-refractivity contribution in [3.8, 4) is 0 Å². The van der Waals surface area contributed by atoms with Crippen molar-refractivity contribution in [2.45, 2.75) is 58.9 Å². The molecule has 1 fully saturated rings. The van der Waals surface area contributed by atoms with Gasteiger partial charge in [-0.1, -0.05) is 27.2 Å². The van der Waals surface area contributed by atoms with Gasteiger partial charge in [0.25, 0.3) is 0 Å². The van der Waals surface area contributed by atoms with Gasteiger partial charge in [-0.25, -0.2) is 0 Å². The topological polar surface area (TPSA) is 20.3 Å². The molecule has 14 heavy (non-hydrogen) atoms. The van der Waals surface area contributed by atoms with Crippen molar-refractivity contribution in [3.05, 3.63) is 0 Å². The molecule has 0 unspecified atom stereocenters. The van der Waals surface area contributed by atoms with Crippen molar-refractivity contribution in [2.24, 2.45) is 5.41 Å². The van der Waals surface area contributed by atoms with Crippen LogP contribution in [0.25, 0.3) is 0 Å². The lowest BCUT2D eigenvalue weighted by atomic mass is 9.89. The van der Waals surface area contributed by atoms with Gasteiger partial charge in [-0.15, -0.1) is 0 Å². The molecular weight excluding hydrogens is 174 g/mol. The summed E-state index contributed by atoms with van der Waals surface area (Å²) >= 11 is 0. The lowest BCUT2D eigenvalue weighted by molar-refractivity contribution is -0.127. The van der Waals surface area contributed by atoms with Gasteiger partial charge in [0.1, 0.15) is 0 Å². The van der Waals surface area contributed by atoms with E-state index in [0.29, 0.717) is 17.4 Å². The Morgan fingerprint density at radius 2 is 2.07 bits per heavy atom. The van der Waals surface area contributed by atoms with E-state index in [0.717, 1.165) is 12.8 Å². The van der Waals surface area contributed by atoms with Gasteiger partial charge in [0, 0.05) is 19.5 Å². The predicted molar refractivity (Wildman–Crippen MR) is 59.1 cm³/mol. The molecule has 0 aromatic heterocycles. The summed E-state index contributed by atoms with van der Waals surface area (Å²) in [7, 11) is 1.94. The first kappa shape index (κ1) is 11.5. The number of rotatable bonds is 3. The summed E-state index contributed by atoms with van der Waals surface area (Å²) in [4.78, 5) is 13.2. The summed E-state index contributed by atoms with van der Waals surface area (Å²) in [5.74, 6) is 0.325. The van der Waals surface area contributed by atoms with Crippen LogP contribution in [0, 0.1) is 5.41 Å². The molecule has 0 saturated carbocycles. The molecule has 0 aromatic carbocycles. The van der Waals surface area contributed by atoms with Gasteiger partial charge in [-0.3, -0.25) is 4.79 Å². The van der Waals surface area contributed by atoms with E-state index in [-0.39, 0.29) is 0 Å². The van der Waals surface area contributed by atoms with Crippen LogP contribution in [-0.4, -0.2) is 23.9 Å². The molecule has 2 nitrogen and oxygen atoms in total. The first-order valence-corrected chi connectivity index (χ1v) is 5.66. The molecule has 1 rings (SSSR count). The molecule has 1 amide bonds. The molecule has 82 valence electrons. The summed E-state index contributed by atoms with van der Waals surface area (Å²) in [6.07, 6.45) is 5.51. The Balaban J connectivity index is 2.23. The van der Waals surface area contributed by atoms with E-state index in [1.165, 1.54) is 19.3 Å². The van der Waals surface area contributed by atoms with Crippen LogP contribution in [0.4, 0.5) is 0 Å². The third kappa shape index (κ3) is 3.32. The van der Waals surface area contributed by atoms with Crippen LogP contribution in [0.5, 0.6) is 0 Å². The number of likely N-dealkylation sites (tertiary alicyclic amines) is 1. The SMILES string of the molecule is CN1C(=O)CC[C@H]1CCCC(C)(C)C. The molecule has 0 N–H and O–H groups in total. The molecule has 1 aliphatic rings. The second kappa shape index (κ2) is 4.33. The summed E-state index contributed by atoms with van der Waals surface area (Å²) in [6, 6.07) is 0.518. The molecule has 1 atom stereocenters. The second-order valence-electron chi connectivity index (χ2n) is 5.65. The van der Waals surface area contributed by atoms with Crippen molar-refractivity contribution in [3.63, 3.8) is 0 Å². The standard InChI is InChI=1S/C12H23NO/c1-12(2,3)9-5-6-10-7-8-11(14)13(10)4/h10H,5-9H2,1-4H3/t10-/m1/s1. The normalized spacial score (nSPS) is 23.3. The molecule has 2 heteroatoms. The summed E-state index contributed by atoms with van der Waals surface area (Å²) in [5, 5.41) is 0. The van der Waals surface area contributed by atoms with Gasteiger partial charge in [0.15, 0.2) is 0 Å². The van der Waals surface area contributed by atoms with E-state index in [1.807, 2.05) is 11.9 Å². The number of carbonyl (C=O) groups is 1. The quantitative estimate of drug-likeness (QED) is 0.681. The first-order chi connectivity index (χ1) is 6.40. The van der Waals surface area contributed by atoms with E-state index >= 15 is 0 Å². The number of carbonyl (C=O) groups excluding carboxylic acids is 1. The van der Waals surface area contributed by atoms with Gasteiger partial charge < -0.3 is 4.90 Å². The Bertz CT molecular complexity index is 205. The number of hydrogen-bond donors (Lipinski definition) is 0. The number of nitrogens with zero attached hydrogens (tertiary/aromatic N) is 1. The monoisotopic (exact) mass is 197 g/mol. The molecule has 0 aromatic rings. The number of hydrogen-bond acceptors (Lipinski definition) is 1. The van der Waals surface area contributed by atoms with E-state index in [4.69, 9.17) is 0 Å². The Kier molecular flexibility index (Phi) is 3.57. The van der Waals surface area contributed by atoms with Gasteiger partial charge in [0.05, 0.1) is 0 Å². The van der Waals surface area contributed by atoms with Crippen LogP contribution < -0.4 is 0 Å². The highest BCUT2D eigenvalue weighted by atomic mass is 16.2. The van der Waals surface area contributed by atoms with Crippen molar-refractivity contribution >= 4 is 5.91 Å². The van der Waals surface area contributed by atoms with Crippen LogP contribution in [0.15, 0.2) is 0 Å². The van der Waals surface area contributed by atoms with Gasteiger partial charge in [0.2, 0.25) is 5.91 Å². The Morgan fingerprint density at radius 3 is 2.50 bits per heavy atom. The highest BCUT2D eigenvalue weighted by Gasteiger charge is 2.27. The smallest absolute Gasteiger partial charge is 0.222 e. The van der Waals surface area contributed by atoms with Crippen LogP contribution in [0.3, 0.4) is 0 Å². The lowest BCUT2D eigenvalue weighted by Crippen LogP contribution is -2.28. The fourth-order valence-corrected chi connectivity index (χ4v) is 2.07. The maximum absolute atomic E-state index is 11.3. The molecule has 0 spiro atoms. The first-order valence-electron chi connectivity index (χ1n) is 5.66. The maximum Gasteiger partial charge on any atom is 0.222 e. The average Bonchev–Trinajstić information content (AvgIpc) is 2.33. The van der Waals surface area contributed by atoms with E-state index < -0.39 is 0 Å². The third-order valence-electron chi connectivity index (χ3n) is 3.10. The largest absolute Gasteiger partial charge is 0.343 e. The zero-order chi connectivity index (χ0) is 10.8. The fraction of sp³-hybridized carbons (Fsp3) is 0.917. The van der Waals surface area contributed by atoms with E-state index in [1.54, 1.807) is 0 Å². The van der Waals surface area contributed by atoms with E-state index in [2.05, 4.69) is 20.8 Å². The summed E-state index contributed by atoms with van der Waals surface area (Å²) in [5.41, 5.74) is 0.432. The Hall–Kier alpha value is -0.530. The van der Waals surface area contributed by atoms with Gasteiger partial charge in [-0.2, -0.15) is 0 Å². The van der Waals surface area contributed by atoms with Gasteiger partial charge >= 0.3 is 0 Å². The van der Waals surface area contributed by atoms with E-state index in [9.17, 15) is 4.79 Å². The summed E-state index contributed by atoms with van der Waals surface area (Å²) < 4.78 is 0. The second-order valence-corrected chi connectivity index (χ2v) is 5.65. The minimum absolute atomic E-state index is 0.325. The van der Waals surface area contributed by atoms with Crippen LogP contribution in [0.2, 0.25) is 0 Å². The maximum atomic E-state index is 11.3. The predicted octanol–water partition coefficient (Wildman–Crippen LogP) is 2.82. The van der Waals surface area contributed by atoms with Crippen molar-refractivity contribution < 1.29 is 4.79 Å². The van der Waals surface area contributed by atoms with Crippen molar-refractivity contribution in [1.82, 2.24) is 4.90 Å². The zero-order valence-corrected chi connectivity index (χ0v) is 9.97. The van der Waals surface area contributed by atoms with Crippen LogP contribution in [0.1, 0.15) is 52.9 Å². The third-order valence-corrected chi connectivity index (χ3v) is 3.10. The van der Waals surface area contributed by atoms with Crippen LogP contribution in [-0.2, 0) is 4.79 Å². The molecule has 1 heterocycles. The molecule has 1 aliphatic heterocycles. The highest BCUT2D eigenvalue weighted by Crippen LogP contribution is 2.26. The molecule has 0 bridgehead atoms. The highest BCUT2D eigenvalue weighted by molar-refractivity contribution is 5.78. The van der Waals surface area contributed by atoms with Crippen molar-refractivity contribution in [2.75, 3.05) is 7.05 Å². The van der Waals surface area contributed by atoms with Gasteiger partial charge in [-0.05, 0) is 24.7 Å². The lowest BCUT2D eigenvalue weighted by Gasteiger charge is -2.22. The zero-order valence-electron chi connectivity index (χ0n) is 9.97. The molecular formula is C12H23NO. The van der Waals surface area contributed by atoms with Crippen LogP contribution >= 0.6 is 0 Å². The Labute approximate surface area is 87.7 Å². The Morgan fingerprint density at radius 1 is 1.43 bits per heavy atom. The minimum atomic E-state index is 0.325. The molecule has 0 radical (unpaired) electrons. The number of amides is 1. The minimum Gasteiger partial charge on any atom is -0.343 e. The summed E-state index contributed by atoms with van der Waals surface area (Å²) in [6.45, 7) is 6.82. The molecule has 0 aliphatic carbocycles. The molecule has 1 saturated heterocycles. The fourth-order valence-electron chi connectivity index (χ4n) is 2.07. The average molecular weight is 197 g/mol. The van der Waals surface area contributed by atoms with Crippen molar-refractivity contribution in [1.29, 1.82) is 0 Å².